The number of pyridine rings is 2. The number of nitrogens with zero attached hydrogens (tertiary/aromatic N) is 4. The van der Waals surface area contributed by atoms with E-state index in [1.54, 1.807) is 14.2 Å². The van der Waals surface area contributed by atoms with Gasteiger partial charge < -0.3 is 24.3 Å². The lowest BCUT2D eigenvalue weighted by molar-refractivity contribution is 0.403. The standard InChI is InChI=1S/C28H29N5O2S/c1-17-9-8-14-30-27(17)32-18(2)15-21(19(32)3)26-25(22-10-6-7-13-29-22)31-28(36)33(26)23-16-20(34-4)11-12-24(23)35-5/h6-16,25-26H,1-5H3,(H,31,36)/t25-,26+/m0/s1. The maximum Gasteiger partial charge on any atom is 0.174 e. The number of hydrogen-bond donors (Lipinski definition) is 1. The minimum atomic E-state index is -0.183. The zero-order valence-corrected chi connectivity index (χ0v) is 21.8. The molecule has 8 heteroatoms. The summed E-state index contributed by atoms with van der Waals surface area (Å²) in [5.74, 6) is 2.36. The van der Waals surface area contributed by atoms with Crippen LogP contribution in [0.4, 0.5) is 5.69 Å². The maximum absolute atomic E-state index is 5.93. The summed E-state index contributed by atoms with van der Waals surface area (Å²) < 4.78 is 13.5. The lowest BCUT2D eigenvalue weighted by Crippen LogP contribution is -2.30. The molecule has 36 heavy (non-hydrogen) atoms. The number of benzene rings is 1. The fourth-order valence-electron chi connectivity index (χ4n) is 5.04. The van der Waals surface area contributed by atoms with E-state index in [2.05, 4.69) is 57.7 Å². The number of methoxy groups -OCH3 is 2. The lowest BCUT2D eigenvalue weighted by Gasteiger charge is -2.29. The molecule has 5 rings (SSSR count). The molecule has 1 aromatic carbocycles. The molecule has 0 spiro atoms. The van der Waals surface area contributed by atoms with Crippen molar-refractivity contribution < 1.29 is 9.47 Å². The first-order valence-corrected chi connectivity index (χ1v) is 12.2. The molecule has 1 fully saturated rings. The summed E-state index contributed by atoms with van der Waals surface area (Å²) in [5, 5.41) is 4.13. The monoisotopic (exact) mass is 499 g/mol. The van der Waals surface area contributed by atoms with Gasteiger partial charge in [-0.3, -0.25) is 4.98 Å². The molecule has 1 aliphatic rings. The van der Waals surface area contributed by atoms with Gasteiger partial charge in [-0.1, -0.05) is 12.1 Å². The fourth-order valence-corrected chi connectivity index (χ4v) is 5.38. The number of hydrogen-bond acceptors (Lipinski definition) is 5. The summed E-state index contributed by atoms with van der Waals surface area (Å²) >= 11 is 5.93. The molecule has 0 aliphatic carbocycles. The van der Waals surface area contributed by atoms with Gasteiger partial charge in [-0.15, -0.1) is 0 Å². The number of anilines is 1. The Balaban J connectivity index is 1.73. The van der Waals surface area contributed by atoms with Crippen LogP contribution in [0.5, 0.6) is 11.5 Å². The Labute approximate surface area is 216 Å². The second-order valence-electron chi connectivity index (χ2n) is 8.84. The molecule has 3 aromatic heterocycles. The molecule has 0 saturated carbocycles. The van der Waals surface area contributed by atoms with Crippen molar-refractivity contribution in [2.24, 2.45) is 0 Å². The van der Waals surface area contributed by atoms with Crippen molar-refractivity contribution in [3.8, 4) is 17.3 Å². The van der Waals surface area contributed by atoms with Crippen LogP contribution < -0.4 is 19.7 Å². The summed E-state index contributed by atoms with van der Waals surface area (Å²) in [5.41, 5.74) is 6.17. The molecule has 4 aromatic rings. The summed E-state index contributed by atoms with van der Waals surface area (Å²) in [6.45, 7) is 6.32. The van der Waals surface area contributed by atoms with E-state index in [-0.39, 0.29) is 12.1 Å². The average molecular weight is 500 g/mol. The first kappa shape index (κ1) is 23.8. The zero-order chi connectivity index (χ0) is 25.4. The Morgan fingerprint density at radius 2 is 1.72 bits per heavy atom. The van der Waals surface area contributed by atoms with E-state index in [1.165, 1.54) is 0 Å². The Bertz CT molecular complexity index is 1420. The third-order valence-corrected chi connectivity index (χ3v) is 7.04. The number of nitrogens with one attached hydrogen (secondary N) is 1. The Morgan fingerprint density at radius 3 is 2.42 bits per heavy atom. The van der Waals surface area contributed by atoms with Crippen LogP contribution in [0.2, 0.25) is 0 Å². The quantitative estimate of drug-likeness (QED) is 0.357. The summed E-state index contributed by atoms with van der Waals surface area (Å²) in [6.07, 6.45) is 3.64. The highest BCUT2D eigenvalue weighted by atomic mass is 32.1. The first-order chi connectivity index (χ1) is 17.4. The molecule has 1 N–H and O–H groups in total. The number of aryl methyl sites for hydroxylation is 2. The van der Waals surface area contributed by atoms with Crippen molar-refractivity contribution in [1.29, 1.82) is 0 Å². The van der Waals surface area contributed by atoms with E-state index >= 15 is 0 Å². The minimum Gasteiger partial charge on any atom is -0.497 e. The second kappa shape index (κ2) is 9.62. The predicted molar refractivity (Wildman–Crippen MR) is 145 cm³/mol. The average Bonchev–Trinajstić information content (AvgIpc) is 3.39. The van der Waals surface area contributed by atoms with Crippen LogP contribution in [0.1, 0.15) is 40.3 Å². The normalized spacial score (nSPS) is 17.2. The molecular formula is C28H29N5O2S. The van der Waals surface area contributed by atoms with Crippen LogP contribution >= 0.6 is 12.2 Å². The lowest BCUT2D eigenvalue weighted by atomic mass is 9.96. The fraction of sp³-hybridized carbons (Fsp3) is 0.250. The Hall–Kier alpha value is -3.91. The van der Waals surface area contributed by atoms with Crippen molar-refractivity contribution in [3.63, 3.8) is 0 Å². The molecule has 4 heterocycles. The van der Waals surface area contributed by atoms with Crippen LogP contribution in [0.15, 0.2) is 67.0 Å². The van der Waals surface area contributed by atoms with E-state index in [0.29, 0.717) is 10.9 Å². The summed E-state index contributed by atoms with van der Waals surface area (Å²) in [4.78, 5) is 11.5. The maximum atomic E-state index is 5.93. The van der Waals surface area contributed by atoms with Gasteiger partial charge in [0.1, 0.15) is 17.3 Å². The number of ether oxygens (including phenoxy) is 2. The topological polar surface area (TPSA) is 64.4 Å². The second-order valence-corrected chi connectivity index (χ2v) is 9.23. The number of thiocarbonyl (C=S) groups is 1. The van der Waals surface area contributed by atoms with Gasteiger partial charge in [0.2, 0.25) is 0 Å². The van der Waals surface area contributed by atoms with Crippen molar-refractivity contribution in [1.82, 2.24) is 19.9 Å². The SMILES string of the molecule is COc1ccc(OC)c(N2C(=S)N[C@@H](c3ccccn3)[C@H]2c2cc(C)n(-c3ncccc3C)c2C)c1. The molecule has 2 atom stereocenters. The van der Waals surface area contributed by atoms with E-state index in [0.717, 1.165) is 45.5 Å². The minimum absolute atomic E-state index is 0.173. The van der Waals surface area contributed by atoms with Crippen molar-refractivity contribution in [2.75, 3.05) is 19.1 Å². The summed E-state index contributed by atoms with van der Waals surface area (Å²) in [7, 11) is 3.32. The number of aromatic nitrogens is 3. The van der Waals surface area contributed by atoms with E-state index in [1.807, 2.05) is 54.9 Å². The van der Waals surface area contributed by atoms with E-state index in [4.69, 9.17) is 21.7 Å². The van der Waals surface area contributed by atoms with E-state index < -0.39 is 0 Å². The first-order valence-electron chi connectivity index (χ1n) is 11.8. The highest BCUT2D eigenvalue weighted by Crippen LogP contribution is 2.47. The molecule has 0 radical (unpaired) electrons. The van der Waals surface area contributed by atoms with Crippen molar-refractivity contribution in [2.45, 2.75) is 32.9 Å². The predicted octanol–water partition coefficient (Wildman–Crippen LogP) is 5.39. The zero-order valence-electron chi connectivity index (χ0n) is 21.0. The van der Waals surface area contributed by atoms with Crippen LogP contribution in [0.25, 0.3) is 5.82 Å². The van der Waals surface area contributed by atoms with Gasteiger partial charge in [-0.05, 0) is 80.5 Å². The Morgan fingerprint density at radius 1 is 0.917 bits per heavy atom. The molecule has 1 saturated heterocycles. The van der Waals surface area contributed by atoms with Crippen molar-refractivity contribution >= 4 is 23.0 Å². The molecule has 7 nitrogen and oxygen atoms in total. The molecule has 0 bridgehead atoms. The molecule has 0 unspecified atom stereocenters. The molecule has 184 valence electrons. The van der Waals surface area contributed by atoms with Crippen LogP contribution in [0.3, 0.4) is 0 Å². The molecule has 1 aliphatic heterocycles. The van der Waals surface area contributed by atoms with Crippen LogP contribution in [-0.2, 0) is 0 Å². The third-order valence-electron chi connectivity index (χ3n) is 6.73. The number of rotatable bonds is 6. The van der Waals surface area contributed by atoms with Gasteiger partial charge in [0.15, 0.2) is 5.11 Å². The molecule has 0 amide bonds. The smallest absolute Gasteiger partial charge is 0.174 e. The van der Waals surface area contributed by atoms with Crippen LogP contribution in [0, 0.1) is 20.8 Å². The Kier molecular flexibility index (Phi) is 6.36. The van der Waals surface area contributed by atoms with Crippen molar-refractivity contribution in [3.05, 3.63) is 95.2 Å². The van der Waals surface area contributed by atoms with Gasteiger partial charge in [-0.2, -0.15) is 0 Å². The summed E-state index contributed by atoms with van der Waals surface area (Å²) in [6, 6.07) is 17.6. The van der Waals surface area contributed by atoms with E-state index in [9.17, 15) is 0 Å². The van der Waals surface area contributed by atoms with Gasteiger partial charge in [-0.25, -0.2) is 4.98 Å². The van der Waals surface area contributed by atoms with Gasteiger partial charge in [0.05, 0.1) is 37.7 Å². The molecular weight excluding hydrogens is 470 g/mol. The van der Waals surface area contributed by atoms with Gasteiger partial charge >= 0.3 is 0 Å². The highest BCUT2D eigenvalue weighted by molar-refractivity contribution is 7.80. The highest BCUT2D eigenvalue weighted by Gasteiger charge is 2.43. The van der Waals surface area contributed by atoms with Crippen LogP contribution in [-0.4, -0.2) is 33.9 Å². The van der Waals surface area contributed by atoms with Gasteiger partial charge in [0.25, 0.3) is 0 Å². The largest absolute Gasteiger partial charge is 0.497 e. The van der Waals surface area contributed by atoms with Gasteiger partial charge in [0, 0.05) is 29.8 Å². The third kappa shape index (κ3) is 3.97.